The van der Waals surface area contributed by atoms with E-state index < -0.39 is 0 Å². The summed E-state index contributed by atoms with van der Waals surface area (Å²) in [5.74, 6) is 0. The van der Waals surface area contributed by atoms with Gasteiger partial charge in [-0.05, 0) is 44.8 Å². The largest absolute Gasteiger partial charge is 0.326 e. The third kappa shape index (κ3) is 2.78. The highest BCUT2D eigenvalue weighted by atomic mass is 16.1. The van der Waals surface area contributed by atoms with Gasteiger partial charge in [0.1, 0.15) is 0 Å². The zero-order valence-corrected chi connectivity index (χ0v) is 10.8. The molecular weight excluding hydrogens is 212 g/mol. The standard InChI is InChI=1S/C14H22N2O/c1-3-9-16-10-5-4-6-13(16)12-7-8-14(17)15-11(12)2/h7-8,13H,3-6,9-10H2,1-2H3,(H,15,17)/t13-/m0/s1. The van der Waals surface area contributed by atoms with Crippen molar-refractivity contribution in [2.75, 3.05) is 13.1 Å². The van der Waals surface area contributed by atoms with E-state index in [1.54, 1.807) is 6.07 Å². The molecule has 1 aliphatic heterocycles. The number of aromatic nitrogens is 1. The molecule has 1 aromatic rings. The predicted octanol–water partition coefficient (Wildman–Crippen LogP) is 2.62. The molecule has 0 radical (unpaired) electrons. The minimum absolute atomic E-state index is 0.00380. The summed E-state index contributed by atoms with van der Waals surface area (Å²) in [7, 11) is 0. The molecule has 1 fully saturated rings. The Morgan fingerprint density at radius 1 is 1.41 bits per heavy atom. The van der Waals surface area contributed by atoms with Gasteiger partial charge in [0.05, 0.1) is 0 Å². The molecule has 1 aliphatic rings. The number of rotatable bonds is 3. The van der Waals surface area contributed by atoms with Crippen molar-refractivity contribution in [2.24, 2.45) is 0 Å². The van der Waals surface area contributed by atoms with Crippen LogP contribution in [-0.2, 0) is 0 Å². The van der Waals surface area contributed by atoms with Gasteiger partial charge >= 0.3 is 0 Å². The third-order valence-corrected chi connectivity index (χ3v) is 3.64. The van der Waals surface area contributed by atoms with Crippen LogP contribution in [0.15, 0.2) is 16.9 Å². The van der Waals surface area contributed by atoms with Gasteiger partial charge in [0.25, 0.3) is 0 Å². The molecule has 0 bridgehead atoms. The molecular formula is C14H22N2O. The third-order valence-electron chi connectivity index (χ3n) is 3.64. The molecule has 2 heterocycles. The van der Waals surface area contributed by atoms with E-state index in [0.29, 0.717) is 6.04 Å². The Morgan fingerprint density at radius 2 is 2.24 bits per heavy atom. The summed E-state index contributed by atoms with van der Waals surface area (Å²) in [5, 5.41) is 0. The molecule has 0 spiro atoms. The molecule has 1 saturated heterocycles. The fourth-order valence-electron chi connectivity index (χ4n) is 2.85. The maximum Gasteiger partial charge on any atom is 0.248 e. The maximum absolute atomic E-state index is 11.3. The summed E-state index contributed by atoms with van der Waals surface area (Å²) in [6.07, 6.45) is 5.01. The van der Waals surface area contributed by atoms with Gasteiger partial charge in [-0.25, -0.2) is 0 Å². The van der Waals surface area contributed by atoms with E-state index in [1.807, 2.05) is 13.0 Å². The Hall–Kier alpha value is -1.09. The minimum atomic E-state index is 0.00380. The van der Waals surface area contributed by atoms with Crippen LogP contribution in [0.3, 0.4) is 0 Å². The number of nitrogens with zero attached hydrogens (tertiary/aromatic N) is 1. The second kappa shape index (κ2) is 5.50. The average molecular weight is 234 g/mol. The van der Waals surface area contributed by atoms with Crippen LogP contribution < -0.4 is 5.56 Å². The first-order valence-electron chi connectivity index (χ1n) is 6.66. The summed E-state index contributed by atoms with van der Waals surface area (Å²) in [6, 6.07) is 4.16. The molecule has 1 aromatic heterocycles. The van der Waals surface area contributed by atoms with Crippen LogP contribution in [0, 0.1) is 6.92 Å². The lowest BCUT2D eigenvalue weighted by Gasteiger charge is -2.36. The number of aryl methyl sites for hydroxylation is 1. The molecule has 3 heteroatoms. The molecule has 3 nitrogen and oxygen atoms in total. The fraction of sp³-hybridized carbons (Fsp3) is 0.643. The van der Waals surface area contributed by atoms with Gasteiger partial charge in [0.15, 0.2) is 0 Å². The van der Waals surface area contributed by atoms with Crippen molar-refractivity contribution in [1.29, 1.82) is 0 Å². The van der Waals surface area contributed by atoms with Crippen molar-refractivity contribution in [3.63, 3.8) is 0 Å². The smallest absolute Gasteiger partial charge is 0.248 e. The number of H-pyrrole nitrogens is 1. The van der Waals surface area contributed by atoms with Gasteiger partial charge < -0.3 is 4.98 Å². The highest BCUT2D eigenvalue weighted by Crippen LogP contribution is 2.31. The minimum Gasteiger partial charge on any atom is -0.326 e. The highest BCUT2D eigenvalue weighted by molar-refractivity contribution is 5.23. The molecule has 17 heavy (non-hydrogen) atoms. The van der Waals surface area contributed by atoms with Crippen LogP contribution in [-0.4, -0.2) is 23.0 Å². The number of piperidine rings is 1. The normalized spacial score (nSPS) is 21.6. The fourth-order valence-corrected chi connectivity index (χ4v) is 2.85. The topological polar surface area (TPSA) is 36.1 Å². The molecule has 0 aliphatic carbocycles. The average Bonchev–Trinajstić information content (AvgIpc) is 2.31. The van der Waals surface area contributed by atoms with Crippen LogP contribution >= 0.6 is 0 Å². The summed E-state index contributed by atoms with van der Waals surface area (Å²) < 4.78 is 0. The first-order valence-corrected chi connectivity index (χ1v) is 6.66. The lowest BCUT2D eigenvalue weighted by Crippen LogP contribution is -2.34. The van der Waals surface area contributed by atoms with Gasteiger partial charge in [0.2, 0.25) is 5.56 Å². The van der Waals surface area contributed by atoms with E-state index in [1.165, 1.54) is 37.8 Å². The Balaban J connectivity index is 2.26. The molecule has 0 saturated carbocycles. The van der Waals surface area contributed by atoms with Gasteiger partial charge in [0, 0.05) is 17.8 Å². The Bertz CT molecular complexity index is 422. The van der Waals surface area contributed by atoms with Crippen LogP contribution in [0.1, 0.15) is 49.9 Å². The quantitative estimate of drug-likeness (QED) is 0.872. The zero-order chi connectivity index (χ0) is 12.3. The molecule has 0 unspecified atom stereocenters. The van der Waals surface area contributed by atoms with Crippen molar-refractivity contribution in [3.05, 3.63) is 33.7 Å². The molecule has 2 rings (SSSR count). The number of hydrogen-bond donors (Lipinski definition) is 1. The van der Waals surface area contributed by atoms with Crippen molar-refractivity contribution in [1.82, 2.24) is 9.88 Å². The van der Waals surface area contributed by atoms with Crippen molar-refractivity contribution < 1.29 is 0 Å². The van der Waals surface area contributed by atoms with Gasteiger partial charge in [-0.1, -0.05) is 19.4 Å². The lowest BCUT2D eigenvalue weighted by molar-refractivity contribution is 0.148. The van der Waals surface area contributed by atoms with E-state index in [-0.39, 0.29) is 5.56 Å². The summed E-state index contributed by atoms with van der Waals surface area (Å²) in [5.41, 5.74) is 2.34. The molecule has 94 valence electrons. The van der Waals surface area contributed by atoms with Crippen molar-refractivity contribution in [3.8, 4) is 0 Å². The molecule has 1 atom stereocenters. The predicted molar refractivity (Wildman–Crippen MR) is 70.3 cm³/mol. The monoisotopic (exact) mass is 234 g/mol. The van der Waals surface area contributed by atoms with E-state index in [0.717, 1.165) is 12.2 Å². The lowest BCUT2D eigenvalue weighted by atomic mass is 9.94. The number of pyridine rings is 1. The first kappa shape index (κ1) is 12.4. The van der Waals surface area contributed by atoms with E-state index in [9.17, 15) is 4.79 Å². The highest BCUT2D eigenvalue weighted by Gasteiger charge is 2.24. The van der Waals surface area contributed by atoms with Crippen LogP contribution in [0.4, 0.5) is 0 Å². The Labute approximate surface area is 103 Å². The second-order valence-electron chi connectivity index (χ2n) is 4.95. The summed E-state index contributed by atoms with van der Waals surface area (Å²) in [6.45, 7) is 6.58. The number of aromatic amines is 1. The van der Waals surface area contributed by atoms with Crippen LogP contribution in [0.25, 0.3) is 0 Å². The molecule has 0 amide bonds. The van der Waals surface area contributed by atoms with E-state index in [4.69, 9.17) is 0 Å². The number of likely N-dealkylation sites (tertiary alicyclic amines) is 1. The Morgan fingerprint density at radius 3 is 2.94 bits per heavy atom. The summed E-state index contributed by atoms with van der Waals surface area (Å²) >= 11 is 0. The Kier molecular flexibility index (Phi) is 4.00. The van der Waals surface area contributed by atoms with Gasteiger partial charge in [-0.2, -0.15) is 0 Å². The SMILES string of the molecule is CCCN1CCCC[C@H]1c1ccc(=O)[nH]c1C. The number of hydrogen-bond acceptors (Lipinski definition) is 2. The van der Waals surface area contributed by atoms with Crippen molar-refractivity contribution in [2.45, 2.75) is 45.6 Å². The second-order valence-corrected chi connectivity index (χ2v) is 4.95. The van der Waals surface area contributed by atoms with E-state index in [2.05, 4.69) is 16.8 Å². The molecule has 0 aromatic carbocycles. The zero-order valence-electron chi connectivity index (χ0n) is 10.8. The van der Waals surface area contributed by atoms with Crippen molar-refractivity contribution >= 4 is 0 Å². The van der Waals surface area contributed by atoms with Crippen LogP contribution in [0.2, 0.25) is 0 Å². The summed E-state index contributed by atoms with van der Waals surface area (Å²) in [4.78, 5) is 16.7. The number of nitrogens with one attached hydrogen (secondary N) is 1. The maximum atomic E-state index is 11.3. The molecule has 1 N–H and O–H groups in total. The van der Waals surface area contributed by atoms with Gasteiger partial charge in [-0.15, -0.1) is 0 Å². The first-order chi connectivity index (χ1) is 8.22. The van der Waals surface area contributed by atoms with Crippen LogP contribution in [0.5, 0.6) is 0 Å². The van der Waals surface area contributed by atoms with E-state index >= 15 is 0 Å². The van der Waals surface area contributed by atoms with Gasteiger partial charge in [-0.3, -0.25) is 9.69 Å².